The Hall–Kier alpha value is -3.76. The van der Waals surface area contributed by atoms with Gasteiger partial charge in [0.2, 0.25) is 5.88 Å². The van der Waals surface area contributed by atoms with Crippen molar-refractivity contribution >= 4 is 34.8 Å². The van der Waals surface area contributed by atoms with Gasteiger partial charge in [0.25, 0.3) is 11.5 Å². The number of rotatable bonds is 8. The molecule has 218 valence electrons. The van der Waals surface area contributed by atoms with Gasteiger partial charge in [0.1, 0.15) is 5.56 Å². The van der Waals surface area contributed by atoms with E-state index in [0.717, 1.165) is 31.2 Å². The number of hydrogen-bond acceptors (Lipinski definition) is 7. The fraction of sp³-hybridized carbons (Fsp3) is 0.290. The maximum absolute atomic E-state index is 12.9. The summed E-state index contributed by atoms with van der Waals surface area (Å²) in [5.41, 5.74) is 3.55. The second-order valence-electron chi connectivity index (χ2n) is 10.2. The zero-order valence-electron chi connectivity index (χ0n) is 23.2. The Morgan fingerprint density at radius 3 is 2.50 bits per heavy atom. The number of nitrogens with one attached hydrogen (secondary N) is 3. The molecular formula is C31H31Cl2N5O4. The van der Waals surface area contributed by atoms with E-state index in [4.69, 9.17) is 32.9 Å². The monoisotopic (exact) mass is 607 g/mol. The van der Waals surface area contributed by atoms with E-state index in [1.54, 1.807) is 32.2 Å². The van der Waals surface area contributed by atoms with Crippen molar-refractivity contribution in [1.82, 2.24) is 20.5 Å². The van der Waals surface area contributed by atoms with Gasteiger partial charge < -0.3 is 20.5 Å². The molecule has 0 radical (unpaired) electrons. The van der Waals surface area contributed by atoms with Crippen LogP contribution in [0.4, 0.5) is 5.69 Å². The van der Waals surface area contributed by atoms with Crippen molar-refractivity contribution in [3.05, 3.63) is 91.8 Å². The number of carbonyl (C=O) groups excluding carboxylic acids is 1. The molecule has 42 heavy (non-hydrogen) atoms. The zero-order chi connectivity index (χ0) is 29.8. The lowest BCUT2D eigenvalue weighted by molar-refractivity contribution is 0.0901. The van der Waals surface area contributed by atoms with Gasteiger partial charge in [-0.2, -0.15) is 5.10 Å². The number of ether oxygens (including phenoxy) is 1. The smallest absolute Gasteiger partial charge is 0.277 e. The third-order valence-electron chi connectivity index (χ3n) is 7.50. The Morgan fingerprint density at radius 2 is 1.76 bits per heavy atom. The van der Waals surface area contributed by atoms with Crippen molar-refractivity contribution in [2.45, 2.75) is 51.3 Å². The molecular weight excluding hydrogens is 577 g/mol. The molecule has 1 saturated carbocycles. The number of aliphatic hydroxyl groups excluding tert-OH is 1. The quantitative estimate of drug-likeness (QED) is 0.200. The van der Waals surface area contributed by atoms with E-state index in [-0.39, 0.29) is 22.7 Å². The summed E-state index contributed by atoms with van der Waals surface area (Å²) in [5.74, 6) is -0.130. The summed E-state index contributed by atoms with van der Waals surface area (Å²) in [4.78, 5) is 29.8. The molecule has 4 aromatic rings. The van der Waals surface area contributed by atoms with Crippen molar-refractivity contribution in [2.24, 2.45) is 0 Å². The number of aliphatic hydroxyl groups is 1. The van der Waals surface area contributed by atoms with Gasteiger partial charge in [-0.1, -0.05) is 72.4 Å². The maximum atomic E-state index is 12.9. The molecule has 2 unspecified atom stereocenters. The predicted molar refractivity (Wildman–Crippen MR) is 164 cm³/mol. The van der Waals surface area contributed by atoms with Crippen LogP contribution in [0.3, 0.4) is 0 Å². The highest BCUT2D eigenvalue weighted by molar-refractivity contribution is 6.39. The Morgan fingerprint density at radius 1 is 1.05 bits per heavy atom. The lowest BCUT2D eigenvalue weighted by Crippen LogP contribution is -2.41. The molecule has 2 heterocycles. The number of pyridine rings is 1. The number of carbonyl (C=O) groups is 1. The first-order valence-electron chi connectivity index (χ1n) is 13.7. The minimum Gasteiger partial charge on any atom is -0.481 e. The van der Waals surface area contributed by atoms with E-state index < -0.39 is 11.5 Å². The first-order valence-corrected chi connectivity index (χ1v) is 14.4. The summed E-state index contributed by atoms with van der Waals surface area (Å²) in [6.45, 7) is 2.15. The molecule has 4 N–H and O–H groups in total. The number of halogens is 2. The van der Waals surface area contributed by atoms with Gasteiger partial charge in [-0.3, -0.25) is 9.59 Å². The molecule has 1 aliphatic carbocycles. The van der Waals surface area contributed by atoms with Crippen LogP contribution in [0.1, 0.15) is 47.2 Å². The second-order valence-corrected chi connectivity index (χ2v) is 11.0. The van der Waals surface area contributed by atoms with Crippen molar-refractivity contribution in [3.8, 4) is 28.3 Å². The van der Waals surface area contributed by atoms with Gasteiger partial charge in [0.15, 0.2) is 0 Å². The van der Waals surface area contributed by atoms with E-state index in [1.165, 1.54) is 6.20 Å². The number of amides is 1. The van der Waals surface area contributed by atoms with Crippen LogP contribution >= 0.6 is 23.2 Å². The molecule has 11 heteroatoms. The van der Waals surface area contributed by atoms with Gasteiger partial charge in [-0.15, -0.1) is 0 Å². The van der Waals surface area contributed by atoms with Crippen LogP contribution in [-0.4, -0.2) is 45.5 Å². The molecule has 9 nitrogen and oxygen atoms in total. The van der Waals surface area contributed by atoms with Crippen LogP contribution in [0.15, 0.2) is 59.5 Å². The van der Waals surface area contributed by atoms with Crippen LogP contribution in [0.5, 0.6) is 5.88 Å². The standard InChI is InChI=1S/C31H31Cl2N5O4/c1-17-15-35-38-30(41)26(17)29(40)36-24-11-6-8-20(28(24)33)19-7-5-9-21(27(19)32)22-14-13-18(31(37-22)42-2)16-34-23-10-3-4-12-25(23)39/h5-9,11,13-15,23,25,34,39H,3-4,10,12,16H2,1-2H3,(H,36,40)(H,38,41). The number of methoxy groups -OCH3 is 1. The fourth-order valence-electron chi connectivity index (χ4n) is 5.25. The van der Waals surface area contributed by atoms with Crippen molar-refractivity contribution in [1.29, 1.82) is 0 Å². The number of aryl methyl sites for hydroxylation is 1. The van der Waals surface area contributed by atoms with E-state index >= 15 is 0 Å². The zero-order valence-corrected chi connectivity index (χ0v) is 24.7. The lowest BCUT2D eigenvalue weighted by atomic mass is 9.92. The van der Waals surface area contributed by atoms with Crippen molar-refractivity contribution in [2.75, 3.05) is 12.4 Å². The van der Waals surface area contributed by atoms with E-state index in [0.29, 0.717) is 51.1 Å². The van der Waals surface area contributed by atoms with Gasteiger partial charge in [-0.25, -0.2) is 10.1 Å². The largest absolute Gasteiger partial charge is 0.481 e. The molecule has 0 saturated heterocycles. The summed E-state index contributed by atoms with van der Waals surface area (Å²) in [6, 6.07) is 14.6. The summed E-state index contributed by atoms with van der Waals surface area (Å²) < 4.78 is 5.61. The Balaban J connectivity index is 1.42. The number of anilines is 1. The molecule has 1 fully saturated rings. The topological polar surface area (TPSA) is 129 Å². The number of aromatic nitrogens is 3. The SMILES string of the molecule is COc1nc(-c2cccc(-c3cccc(NC(=O)c4c(C)cn[nH]c4=O)c3Cl)c2Cl)ccc1CNC1CCCCC1O. The minimum atomic E-state index is -0.598. The molecule has 1 aliphatic rings. The normalized spacial score (nSPS) is 16.7. The Bertz CT molecular complexity index is 1680. The number of hydrogen-bond donors (Lipinski definition) is 4. The Kier molecular flexibility index (Phi) is 9.23. The summed E-state index contributed by atoms with van der Waals surface area (Å²) in [5, 5.41) is 23.2. The van der Waals surface area contributed by atoms with Crippen molar-refractivity contribution in [3.63, 3.8) is 0 Å². The molecule has 1 amide bonds. The van der Waals surface area contributed by atoms with Gasteiger partial charge >= 0.3 is 0 Å². The number of benzene rings is 2. The molecule has 0 spiro atoms. The first-order chi connectivity index (χ1) is 20.3. The summed E-state index contributed by atoms with van der Waals surface area (Å²) >= 11 is 13.7. The van der Waals surface area contributed by atoms with Gasteiger partial charge in [-0.05, 0) is 37.5 Å². The summed E-state index contributed by atoms with van der Waals surface area (Å²) in [6.07, 6.45) is 4.96. The minimum absolute atomic E-state index is 0.0416. The first kappa shape index (κ1) is 29.7. The molecule has 0 aliphatic heterocycles. The molecule has 5 rings (SSSR count). The van der Waals surface area contributed by atoms with Crippen LogP contribution < -0.4 is 20.9 Å². The molecule has 0 bridgehead atoms. The lowest BCUT2D eigenvalue weighted by Gasteiger charge is -2.28. The number of nitrogens with zero attached hydrogens (tertiary/aromatic N) is 2. The predicted octanol–water partition coefficient (Wildman–Crippen LogP) is 5.77. The highest BCUT2D eigenvalue weighted by atomic mass is 35.5. The maximum Gasteiger partial charge on any atom is 0.277 e. The van der Waals surface area contributed by atoms with Gasteiger partial charge in [0, 0.05) is 34.8 Å². The van der Waals surface area contributed by atoms with Gasteiger partial charge in [0.05, 0.1) is 40.8 Å². The molecule has 2 atom stereocenters. The van der Waals surface area contributed by atoms with E-state index in [9.17, 15) is 14.7 Å². The van der Waals surface area contributed by atoms with Crippen LogP contribution in [0.2, 0.25) is 10.0 Å². The second kappa shape index (κ2) is 13.0. The van der Waals surface area contributed by atoms with E-state index in [1.807, 2.05) is 30.3 Å². The number of aromatic amines is 1. The van der Waals surface area contributed by atoms with Crippen molar-refractivity contribution < 1.29 is 14.6 Å². The van der Waals surface area contributed by atoms with Crippen LogP contribution in [0, 0.1) is 6.92 Å². The Labute approximate surface area is 253 Å². The van der Waals surface area contributed by atoms with E-state index in [2.05, 4.69) is 20.8 Å². The third-order valence-corrected chi connectivity index (χ3v) is 8.32. The average molecular weight is 609 g/mol. The summed E-state index contributed by atoms with van der Waals surface area (Å²) in [7, 11) is 1.57. The molecule has 2 aromatic heterocycles. The highest BCUT2D eigenvalue weighted by Gasteiger charge is 2.23. The van der Waals surface area contributed by atoms with Crippen LogP contribution in [0.25, 0.3) is 22.4 Å². The third kappa shape index (κ3) is 6.19. The van der Waals surface area contributed by atoms with Crippen LogP contribution in [-0.2, 0) is 6.54 Å². The highest BCUT2D eigenvalue weighted by Crippen LogP contribution is 2.41. The molecule has 2 aromatic carbocycles. The average Bonchev–Trinajstić information content (AvgIpc) is 2.98. The fourth-order valence-corrected chi connectivity index (χ4v) is 5.85. The number of H-pyrrole nitrogens is 1.